The van der Waals surface area contributed by atoms with Crippen LogP contribution in [-0.4, -0.2) is 30.8 Å². The van der Waals surface area contributed by atoms with Crippen molar-refractivity contribution in [2.24, 2.45) is 4.99 Å². The number of rotatable bonds is 2. The van der Waals surface area contributed by atoms with Crippen LogP contribution < -0.4 is 39.6 Å². The fourth-order valence-corrected chi connectivity index (χ4v) is 2.43. The van der Waals surface area contributed by atoms with Gasteiger partial charge in [0.05, 0.1) is 16.6 Å². The molecule has 0 aliphatic carbocycles. The maximum Gasteiger partial charge on any atom is 1.00 e. The number of hydrogen-bond donors (Lipinski definition) is 1. The Bertz CT molecular complexity index is 748. The van der Waals surface area contributed by atoms with Crippen LogP contribution in [0.25, 0.3) is 0 Å². The molecule has 0 bridgehead atoms. The summed E-state index contributed by atoms with van der Waals surface area (Å²) in [6.07, 6.45) is -0.612. The molecule has 0 radical (unpaired) electrons. The second-order valence-electron chi connectivity index (χ2n) is 3.81. The van der Waals surface area contributed by atoms with Crippen LogP contribution in [0, 0.1) is 0 Å². The summed E-state index contributed by atoms with van der Waals surface area (Å²) in [5, 5.41) is 11.4. The zero-order valence-electron chi connectivity index (χ0n) is 10.6. The number of carbonyl (C=O) groups is 2. The Kier molecular flexibility index (Phi) is 5.53. The molecule has 11 heteroatoms. The number of nitrogens with zero attached hydrogens (tertiary/aromatic N) is 2. The van der Waals surface area contributed by atoms with E-state index in [-0.39, 0.29) is 40.3 Å². The van der Waals surface area contributed by atoms with Gasteiger partial charge < -0.3 is 5.11 Å². The number of amidine groups is 1. The third kappa shape index (κ3) is 4.02. The van der Waals surface area contributed by atoms with Crippen molar-refractivity contribution in [3.63, 3.8) is 0 Å². The van der Waals surface area contributed by atoms with Gasteiger partial charge in [-0.2, -0.15) is 8.42 Å². The molecule has 21 heavy (non-hydrogen) atoms. The molecule has 1 aromatic rings. The maximum absolute atomic E-state index is 11.7. The number of anilines is 1. The van der Waals surface area contributed by atoms with Gasteiger partial charge >= 0.3 is 29.6 Å². The van der Waals surface area contributed by atoms with Gasteiger partial charge in [-0.3, -0.25) is 19.0 Å². The fourth-order valence-electron chi connectivity index (χ4n) is 1.59. The molecule has 2 rings (SSSR count). The summed E-state index contributed by atoms with van der Waals surface area (Å²) in [5.74, 6) is -1.74. The molecular weight excluding hydrogens is 335 g/mol. The molecule has 0 saturated carbocycles. The van der Waals surface area contributed by atoms with E-state index in [1.165, 1.54) is 0 Å². The first-order chi connectivity index (χ1) is 9.18. The van der Waals surface area contributed by atoms with Crippen LogP contribution in [0.5, 0.6) is 0 Å². The number of benzene rings is 1. The smallest absolute Gasteiger partial charge is 0.845 e. The summed E-state index contributed by atoms with van der Waals surface area (Å²) >= 11 is 5.68. The first kappa shape index (κ1) is 18.1. The first-order valence-corrected chi connectivity index (χ1v) is 6.90. The molecule has 0 spiro atoms. The fraction of sp³-hybridized carbons (Fsp3) is 0.100. The van der Waals surface area contributed by atoms with E-state index in [1.54, 1.807) is 0 Å². The molecule has 1 heterocycles. The molecule has 0 unspecified atom stereocenters. The molecule has 106 valence electrons. The Morgan fingerprint density at radius 1 is 1.29 bits per heavy atom. The monoisotopic (exact) mass is 340 g/mol. The minimum absolute atomic E-state index is 0. The Hall–Kier alpha value is -0.970. The van der Waals surface area contributed by atoms with E-state index in [2.05, 4.69) is 4.99 Å². The largest absolute Gasteiger partial charge is 1.00 e. The van der Waals surface area contributed by atoms with Crippen molar-refractivity contribution in [3.05, 3.63) is 23.2 Å². The Balaban J connectivity index is 0.00000220. The summed E-state index contributed by atoms with van der Waals surface area (Å²) < 4.78 is 31.1. The normalized spacial score (nSPS) is 15.5. The maximum atomic E-state index is 11.7. The van der Waals surface area contributed by atoms with Crippen molar-refractivity contribution in [3.8, 4) is 0 Å². The minimum Gasteiger partial charge on any atom is -0.845 e. The zero-order valence-corrected chi connectivity index (χ0v) is 14.2. The first-order valence-electron chi connectivity index (χ1n) is 5.08. The van der Waals surface area contributed by atoms with Crippen LogP contribution in [0.1, 0.15) is 6.42 Å². The molecule has 8 nitrogen and oxygen atoms in total. The van der Waals surface area contributed by atoms with Gasteiger partial charge in [-0.25, -0.2) is 4.99 Å². The predicted octanol–water partition coefficient (Wildman–Crippen LogP) is -3.43. The molecule has 1 aliphatic rings. The summed E-state index contributed by atoms with van der Waals surface area (Å²) in [6, 6.07) is 1.82. The van der Waals surface area contributed by atoms with Crippen LogP contribution in [0.2, 0.25) is 5.02 Å². The summed E-state index contributed by atoms with van der Waals surface area (Å²) in [4.78, 5) is 25.6. The van der Waals surface area contributed by atoms with Crippen LogP contribution in [0.3, 0.4) is 0 Å². The zero-order chi connectivity index (χ0) is 15.1. The van der Waals surface area contributed by atoms with E-state index in [9.17, 15) is 23.1 Å². The van der Waals surface area contributed by atoms with Gasteiger partial charge in [0.2, 0.25) is 5.91 Å². The predicted molar refractivity (Wildman–Crippen MR) is 65.8 cm³/mol. The molecule has 0 fully saturated rings. The standard InChI is InChI=1S/C10H7ClN2O6S.Na/c11-5-1-6(3-7(2-5)20(17,18)19)13-9(15)4-8(14)12-10(13)16;/h1-3H,4H2,(H,12,14,16)(H,17,18,19);/q;+1/p-1. The SMILES string of the molecule is O=C1CC(=O)N(c2cc(Cl)cc(S(=O)(=O)O)c2)C([O-])=N1.[Na+]. The quantitative estimate of drug-likeness (QED) is 0.339. The van der Waals surface area contributed by atoms with Crippen LogP contribution >= 0.6 is 11.6 Å². The number of aliphatic imine (C=N–C) groups is 1. The van der Waals surface area contributed by atoms with E-state index < -0.39 is 39.3 Å². The number of carbonyl (C=O) groups excluding carboxylic acids is 2. The van der Waals surface area contributed by atoms with Gasteiger partial charge in [0.25, 0.3) is 16.0 Å². The second kappa shape index (κ2) is 6.42. The topological polar surface area (TPSA) is 127 Å². The number of amides is 2. The Morgan fingerprint density at radius 2 is 1.90 bits per heavy atom. The third-order valence-electron chi connectivity index (χ3n) is 2.38. The molecule has 0 atom stereocenters. The molecule has 0 aromatic heterocycles. The molecule has 2 amide bonds. The average molecular weight is 341 g/mol. The second-order valence-corrected chi connectivity index (χ2v) is 5.67. The van der Waals surface area contributed by atoms with Gasteiger partial charge in [-0.05, 0) is 18.2 Å². The number of hydrogen-bond acceptors (Lipinski definition) is 5. The van der Waals surface area contributed by atoms with Crippen LogP contribution in [0.15, 0.2) is 28.1 Å². The molecule has 0 saturated heterocycles. The van der Waals surface area contributed by atoms with E-state index in [4.69, 9.17) is 16.2 Å². The summed E-state index contributed by atoms with van der Waals surface area (Å²) in [7, 11) is -4.56. The van der Waals surface area contributed by atoms with Crippen LogP contribution in [-0.2, 0) is 19.7 Å². The molecule has 1 aliphatic heterocycles. The van der Waals surface area contributed by atoms with Gasteiger partial charge in [0.15, 0.2) is 0 Å². The van der Waals surface area contributed by atoms with E-state index in [1.807, 2.05) is 0 Å². The van der Waals surface area contributed by atoms with Crippen molar-refractivity contribution >= 4 is 45.2 Å². The van der Waals surface area contributed by atoms with Crippen molar-refractivity contribution in [1.82, 2.24) is 0 Å². The summed E-state index contributed by atoms with van der Waals surface area (Å²) in [6.45, 7) is 0. The van der Waals surface area contributed by atoms with E-state index in [0.717, 1.165) is 18.2 Å². The number of halogens is 1. The van der Waals surface area contributed by atoms with Gasteiger partial charge in [0, 0.05) is 5.02 Å². The Labute approximate surface area is 146 Å². The van der Waals surface area contributed by atoms with Crippen molar-refractivity contribution in [2.75, 3.05) is 4.90 Å². The van der Waals surface area contributed by atoms with Gasteiger partial charge in [-0.1, -0.05) is 11.6 Å². The third-order valence-corrected chi connectivity index (χ3v) is 3.43. The van der Waals surface area contributed by atoms with Gasteiger partial charge in [-0.15, -0.1) is 0 Å². The van der Waals surface area contributed by atoms with E-state index >= 15 is 0 Å². The van der Waals surface area contributed by atoms with Crippen molar-refractivity contribution in [1.29, 1.82) is 0 Å². The minimum atomic E-state index is -4.56. The Morgan fingerprint density at radius 3 is 2.43 bits per heavy atom. The van der Waals surface area contributed by atoms with Crippen molar-refractivity contribution in [2.45, 2.75) is 11.3 Å². The summed E-state index contributed by atoms with van der Waals surface area (Å²) in [5.41, 5.74) is -0.198. The molecular formula is C10H6ClN2NaO6S. The molecule has 1 aromatic carbocycles. The van der Waals surface area contributed by atoms with Gasteiger partial charge in [0.1, 0.15) is 6.42 Å². The van der Waals surface area contributed by atoms with Crippen LogP contribution in [0.4, 0.5) is 5.69 Å². The average Bonchev–Trinajstić information content (AvgIpc) is 2.25. The van der Waals surface area contributed by atoms with Crippen molar-refractivity contribution < 1.29 is 57.2 Å². The molecule has 1 N–H and O–H groups in total. The van der Waals surface area contributed by atoms with E-state index in [0.29, 0.717) is 4.90 Å².